The summed E-state index contributed by atoms with van der Waals surface area (Å²) in [5.41, 5.74) is 1.51. The fourth-order valence-electron chi connectivity index (χ4n) is 2.86. The number of ether oxygens (including phenoxy) is 3. The normalized spacial score (nSPS) is 10.5. The third kappa shape index (κ3) is 4.38. The Morgan fingerprint density at radius 1 is 1.00 bits per heavy atom. The SMILES string of the molecule is COc1ccc(NC(=O)CNC(=O)c2cc3c(OC)c(OC)ccc3[nH]2)cc1Cl. The number of fused-ring (bicyclic) bond motifs is 1. The molecule has 0 atom stereocenters. The Labute approximate surface area is 172 Å². The monoisotopic (exact) mass is 417 g/mol. The zero-order valence-corrected chi connectivity index (χ0v) is 16.8. The summed E-state index contributed by atoms with van der Waals surface area (Å²) in [7, 11) is 4.57. The molecule has 8 nitrogen and oxygen atoms in total. The summed E-state index contributed by atoms with van der Waals surface area (Å²) in [4.78, 5) is 27.6. The van der Waals surface area contributed by atoms with Crippen LogP contribution in [-0.4, -0.2) is 44.7 Å². The van der Waals surface area contributed by atoms with Crippen molar-refractivity contribution in [3.63, 3.8) is 0 Å². The molecule has 3 rings (SSSR count). The predicted molar refractivity (Wildman–Crippen MR) is 110 cm³/mol. The van der Waals surface area contributed by atoms with Gasteiger partial charge in [-0.25, -0.2) is 0 Å². The van der Waals surface area contributed by atoms with Crippen LogP contribution in [0.2, 0.25) is 5.02 Å². The number of rotatable bonds is 7. The second kappa shape index (κ2) is 8.74. The standard InChI is InChI=1S/C20H20ClN3O5/c1-27-16-6-4-11(8-13(16)21)23-18(25)10-22-20(26)15-9-12-14(24-15)5-7-17(28-2)19(12)29-3/h4-9,24H,10H2,1-3H3,(H,22,26)(H,23,25). The van der Waals surface area contributed by atoms with Crippen LogP contribution in [0.4, 0.5) is 5.69 Å². The van der Waals surface area contributed by atoms with Gasteiger partial charge in [-0.2, -0.15) is 0 Å². The first-order chi connectivity index (χ1) is 14.0. The molecular weight excluding hydrogens is 398 g/mol. The molecule has 0 unspecified atom stereocenters. The van der Waals surface area contributed by atoms with Gasteiger partial charge in [0.25, 0.3) is 5.91 Å². The molecule has 1 heterocycles. The smallest absolute Gasteiger partial charge is 0.268 e. The highest BCUT2D eigenvalue weighted by Crippen LogP contribution is 2.35. The molecule has 152 valence electrons. The van der Waals surface area contributed by atoms with Crippen molar-refractivity contribution in [3.05, 3.63) is 47.1 Å². The molecule has 0 spiro atoms. The lowest BCUT2D eigenvalue weighted by Gasteiger charge is -2.08. The summed E-state index contributed by atoms with van der Waals surface area (Å²) in [5, 5.41) is 6.31. The minimum Gasteiger partial charge on any atom is -0.495 e. The molecule has 2 aromatic carbocycles. The molecule has 29 heavy (non-hydrogen) atoms. The molecule has 0 radical (unpaired) electrons. The number of carbonyl (C=O) groups is 2. The number of H-pyrrole nitrogens is 1. The van der Waals surface area contributed by atoms with Gasteiger partial charge in [-0.3, -0.25) is 9.59 Å². The topological polar surface area (TPSA) is 102 Å². The minimum absolute atomic E-state index is 0.210. The van der Waals surface area contributed by atoms with Gasteiger partial charge in [-0.05, 0) is 36.4 Å². The number of nitrogens with one attached hydrogen (secondary N) is 3. The maximum absolute atomic E-state index is 12.4. The average molecular weight is 418 g/mol. The average Bonchev–Trinajstić information content (AvgIpc) is 3.15. The first-order valence-corrected chi connectivity index (χ1v) is 9.00. The van der Waals surface area contributed by atoms with Crippen LogP contribution in [-0.2, 0) is 4.79 Å². The molecule has 0 bridgehead atoms. The Hall–Kier alpha value is -3.39. The zero-order chi connectivity index (χ0) is 21.0. The summed E-state index contributed by atoms with van der Waals surface area (Å²) in [6.45, 7) is -0.210. The van der Waals surface area contributed by atoms with Crippen LogP contribution in [0.15, 0.2) is 36.4 Å². The molecule has 3 N–H and O–H groups in total. The number of halogens is 1. The van der Waals surface area contributed by atoms with Gasteiger partial charge < -0.3 is 29.8 Å². The molecule has 9 heteroatoms. The first kappa shape index (κ1) is 20.3. The van der Waals surface area contributed by atoms with Gasteiger partial charge in [-0.15, -0.1) is 0 Å². The van der Waals surface area contributed by atoms with E-state index in [1.807, 2.05) is 0 Å². The Balaban J connectivity index is 1.66. The second-order valence-corrected chi connectivity index (χ2v) is 6.43. The maximum Gasteiger partial charge on any atom is 0.268 e. The number of amides is 2. The minimum atomic E-state index is -0.426. The zero-order valence-electron chi connectivity index (χ0n) is 16.1. The van der Waals surface area contributed by atoms with Crippen molar-refractivity contribution >= 4 is 40.0 Å². The Morgan fingerprint density at radius 3 is 2.38 bits per heavy atom. The lowest BCUT2D eigenvalue weighted by molar-refractivity contribution is -0.115. The largest absolute Gasteiger partial charge is 0.495 e. The van der Waals surface area contributed by atoms with E-state index in [0.29, 0.717) is 44.6 Å². The van der Waals surface area contributed by atoms with E-state index >= 15 is 0 Å². The first-order valence-electron chi connectivity index (χ1n) is 8.62. The molecular formula is C20H20ClN3O5. The molecule has 1 aromatic heterocycles. The molecule has 0 saturated carbocycles. The van der Waals surface area contributed by atoms with Crippen LogP contribution in [0.1, 0.15) is 10.5 Å². The highest BCUT2D eigenvalue weighted by molar-refractivity contribution is 6.32. The van der Waals surface area contributed by atoms with Crippen LogP contribution < -0.4 is 24.8 Å². The van der Waals surface area contributed by atoms with Gasteiger partial charge >= 0.3 is 0 Å². The van der Waals surface area contributed by atoms with Gasteiger partial charge in [0.05, 0.1) is 38.4 Å². The van der Waals surface area contributed by atoms with Gasteiger partial charge in [-0.1, -0.05) is 11.6 Å². The van der Waals surface area contributed by atoms with Crippen LogP contribution in [0, 0.1) is 0 Å². The fraction of sp³-hybridized carbons (Fsp3) is 0.200. The third-order valence-electron chi connectivity index (χ3n) is 4.23. The van der Waals surface area contributed by atoms with E-state index in [9.17, 15) is 9.59 Å². The molecule has 3 aromatic rings. The number of aromatic amines is 1. The number of hydrogen-bond acceptors (Lipinski definition) is 5. The number of methoxy groups -OCH3 is 3. The highest BCUT2D eigenvalue weighted by Gasteiger charge is 2.16. The number of anilines is 1. The van der Waals surface area contributed by atoms with Crippen LogP contribution in [0.25, 0.3) is 10.9 Å². The highest BCUT2D eigenvalue weighted by atomic mass is 35.5. The van der Waals surface area contributed by atoms with Crippen molar-refractivity contribution in [2.45, 2.75) is 0 Å². The Bertz CT molecular complexity index is 1060. The van der Waals surface area contributed by atoms with E-state index in [2.05, 4.69) is 15.6 Å². The Morgan fingerprint density at radius 2 is 1.72 bits per heavy atom. The van der Waals surface area contributed by atoms with Gasteiger partial charge in [0.2, 0.25) is 5.91 Å². The van der Waals surface area contributed by atoms with Crippen LogP contribution in [0.5, 0.6) is 17.2 Å². The predicted octanol–water partition coefficient (Wildman–Crippen LogP) is 3.22. The van der Waals surface area contributed by atoms with E-state index < -0.39 is 11.8 Å². The van der Waals surface area contributed by atoms with E-state index in [0.717, 1.165) is 0 Å². The molecule has 0 saturated heterocycles. The summed E-state index contributed by atoms with van der Waals surface area (Å²) in [5.74, 6) is 0.766. The summed E-state index contributed by atoms with van der Waals surface area (Å²) in [6.07, 6.45) is 0. The number of benzene rings is 2. The lowest BCUT2D eigenvalue weighted by Crippen LogP contribution is -2.33. The van der Waals surface area contributed by atoms with Crippen LogP contribution in [0.3, 0.4) is 0 Å². The Kier molecular flexibility index (Phi) is 6.13. The van der Waals surface area contributed by atoms with E-state index in [-0.39, 0.29) is 6.54 Å². The fourth-order valence-corrected chi connectivity index (χ4v) is 3.11. The summed E-state index contributed by atoms with van der Waals surface area (Å²) < 4.78 is 15.7. The van der Waals surface area contributed by atoms with Crippen molar-refractivity contribution in [3.8, 4) is 17.2 Å². The van der Waals surface area contributed by atoms with Crippen molar-refractivity contribution in [1.29, 1.82) is 0 Å². The van der Waals surface area contributed by atoms with E-state index in [4.69, 9.17) is 25.8 Å². The summed E-state index contributed by atoms with van der Waals surface area (Å²) >= 11 is 6.04. The van der Waals surface area contributed by atoms with Gasteiger partial charge in [0.1, 0.15) is 11.4 Å². The maximum atomic E-state index is 12.4. The second-order valence-electron chi connectivity index (χ2n) is 6.03. The van der Waals surface area contributed by atoms with Crippen molar-refractivity contribution < 1.29 is 23.8 Å². The lowest BCUT2D eigenvalue weighted by atomic mass is 10.2. The van der Waals surface area contributed by atoms with Crippen molar-refractivity contribution in [1.82, 2.24) is 10.3 Å². The molecule has 2 amide bonds. The molecule has 0 fully saturated rings. The number of hydrogen-bond donors (Lipinski definition) is 3. The van der Waals surface area contributed by atoms with E-state index in [1.165, 1.54) is 14.2 Å². The van der Waals surface area contributed by atoms with Crippen molar-refractivity contribution in [2.24, 2.45) is 0 Å². The third-order valence-corrected chi connectivity index (χ3v) is 4.53. The van der Waals surface area contributed by atoms with E-state index in [1.54, 1.807) is 43.5 Å². The van der Waals surface area contributed by atoms with Crippen molar-refractivity contribution in [2.75, 3.05) is 33.2 Å². The molecule has 0 aliphatic rings. The quantitative estimate of drug-likeness (QED) is 0.548. The summed E-state index contributed by atoms with van der Waals surface area (Å²) in [6, 6.07) is 10.0. The molecule has 0 aliphatic carbocycles. The van der Waals surface area contributed by atoms with Crippen LogP contribution >= 0.6 is 11.6 Å². The number of aromatic nitrogens is 1. The van der Waals surface area contributed by atoms with Gasteiger partial charge in [0.15, 0.2) is 11.5 Å². The molecule has 0 aliphatic heterocycles. The number of carbonyl (C=O) groups excluding carboxylic acids is 2. The van der Waals surface area contributed by atoms with Gasteiger partial charge in [0, 0.05) is 11.1 Å².